The second-order valence-electron chi connectivity index (χ2n) is 6.66. The fourth-order valence-electron chi connectivity index (χ4n) is 2.83. The smallest absolute Gasteiger partial charge is 0.340 e. The van der Waals surface area contributed by atoms with Crippen LogP contribution in [0.5, 0.6) is 0 Å². The van der Waals surface area contributed by atoms with E-state index in [4.69, 9.17) is 16.3 Å². The van der Waals surface area contributed by atoms with E-state index in [1.807, 2.05) is 0 Å². The van der Waals surface area contributed by atoms with Crippen LogP contribution < -0.4 is 0 Å². The van der Waals surface area contributed by atoms with Crippen LogP contribution in [0, 0.1) is 0 Å². The standard InChI is InChI=1S/C21H25ClN2O5S/c1-5-24(6-2)30(27,28)16-12-13-18(22)17(14-16)21(26)29-19(20(25)23(3)4)15-10-8-7-9-11-15/h7-14,19H,5-6H2,1-4H3. The van der Waals surface area contributed by atoms with Crippen LogP contribution >= 0.6 is 11.6 Å². The van der Waals surface area contributed by atoms with Crippen LogP contribution in [0.15, 0.2) is 53.4 Å². The number of rotatable bonds is 8. The maximum absolute atomic E-state index is 12.9. The molecule has 162 valence electrons. The summed E-state index contributed by atoms with van der Waals surface area (Å²) in [6.07, 6.45) is -1.19. The van der Waals surface area contributed by atoms with Crippen LogP contribution in [-0.4, -0.2) is 56.7 Å². The first-order chi connectivity index (χ1) is 14.1. The molecule has 1 unspecified atom stereocenters. The molecule has 0 fully saturated rings. The molecule has 30 heavy (non-hydrogen) atoms. The van der Waals surface area contributed by atoms with Gasteiger partial charge in [-0.3, -0.25) is 4.79 Å². The molecule has 0 aliphatic heterocycles. The number of hydrogen-bond acceptors (Lipinski definition) is 5. The molecule has 1 atom stereocenters. The van der Waals surface area contributed by atoms with E-state index in [2.05, 4.69) is 0 Å². The molecular weight excluding hydrogens is 428 g/mol. The number of amides is 1. The van der Waals surface area contributed by atoms with Gasteiger partial charge in [0, 0.05) is 32.7 Å². The Hall–Kier alpha value is -2.42. The van der Waals surface area contributed by atoms with Gasteiger partial charge in [-0.15, -0.1) is 0 Å². The molecule has 0 bridgehead atoms. The van der Waals surface area contributed by atoms with Gasteiger partial charge in [0.2, 0.25) is 16.1 Å². The summed E-state index contributed by atoms with van der Waals surface area (Å²) in [5.74, 6) is -1.32. The van der Waals surface area contributed by atoms with Crippen LogP contribution in [-0.2, 0) is 19.6 Å². The van der Waals surface area contributed by atoms with Gasteiger partial charge in [-0.1, -0.05) is 55.8 Å². The van der Waals surface area contributed by atoms with Gasteiger partial charge in [0.25, 0.3) is 5.91 Å². The minimum atomic E-state index is -3.79. The molecule has 2 aromatic rings. The number of halogens is 1. The van der Waals surface area contributed by atoms with Crippen LogP contribution in [0.1, 0.15) is 35.9 Å². The summed E-state index contributed by atoms with van der Waals surface area (Å²) in [5.41, 5.74) is 0.366. The molecule has 0 radical (unpaired) electrons. The maximum Gasteiger partial charge on any atom is 0.340 e. The minimum Gasteiger partial charge on any atom is -0.444 e. The number of esters is 1. The third-order valence-electron chi connectivity index (χ3n) is 4.49. The molecule has 0 aromatic heterocycles. The van der Waals surface area contributed by atoms with Gasteiger partial charge in [-0.25, -0.2) is 13.2 Å². The van der Waals surface area contributed by atoms with E-state index >= 15 is 0 Å². The average molecular weight is 453 g/mol. The summed E-state index contributed by atoms with van der Waals surface area (Å²) in [4.78, 5) is 26.7. The van der Waals surface area contributed by atoms with Crippen molar-refractivity contribution in [3.05, 3.63) is 64.7 Å². The van der Waals surface area contributed by atoms with Crippen molar-refractivity contribution in [2.24, 2.45) is 0 Å². The van der Waals surface area contributed by atoms with Crippen molar-refractivity contribution in [3.8, 4) is 0 Å². The summed E-state index contributed by atoms with van der Waals surface area (Å²) in [6.45, 7) is 4.02. The summed E-state index contributed by atoms with van der Waals surface area (Å²) in [7, 11) is -0.689. The molecule has 2 aromatic carbocycles. The largest absolute Gasteiger partial charge is 0.444 e. The molecule has 0 N–H and O–H groups in total. The third-order valence-corrected chi connectivity index (χ3v) is 6.87. The second-order valence-corrected chi connectivity index (χ2v) is 9.00. The summed E-state index contributed by atoms with van der Waals surface area (Å²) < 4.78 is 32.3. The molecule has 0 aliphatic carbocycles. The molecule has 0 saturated carbocycles. The number of carbonyl (C=O) groups excluding carboxylic acids is 2. The first-order valence-electron chi connectivity index (χ1n) is 9.40. The van der Waals surface area contributed by atoms with Crippen molar-refractivity contribution < 1.29 is 22.7 Å². The quantitative estimate of drug-likeness (QED) is 0.573. The second kappa shape index (κ2) is 10.1. The van der Waals surface area contributed by atoms with Crippen molar-refractivity contribution in [2.45, 2.75) is 24.8 Å². The lowest BCUT2D eigenvalue weighted by Crippen LogP contribution is -2.32. The first-order valence-corrected chi connectivity index (χ1v) is 11.2. The van der Waals surface area contributed by atoms with Crippen molar-refractivity contribution in [1.29, 1.82) is 0 Å². The predicted molar refractivity (Wildman–Crippen MR) is 115 cm³/mol. The van der Waals surface area contributed by atoms with E-state index in [1.54, 1.807) is 58.3 Å². The van der Waals surface area contributed by atoms with Gasteiger partial charge in [0.15, 0.2) is 0 Å². The van der Waals surface area contributed by atoms with E-state index in [-0.39, 0.29) is 28.6 Å². The highest BCUT2D eigenvalue weighted by Gasteiger charge is 2.29. The zero-order valence-electron chi connectivity index (χ0n) is 17.3. The lowest BCUT2D eigenvalue weighted by atomic mass is 10.1. The Morgan fingerprint density at radius 2 is 1.63 bits per heavy atom. The van der Waals surface area contributed by atoms with Crippen LogP contribution in [0.3, 0.4) is 0 Å². The van der Waals surface area contributed by atoms with Crippen LogP contribution in [0.25, 0.3) is 0 Å². The number of likely N-dealkylation sites (N-methyl/N-ethyl adjacent to an activating group) is 1. The highest BCUT2D eigenvalue weighted by Crippen LogP contribution is 2.27. The Bertz CT molecular complexity index is 1010. The fourth-order valence-corrected chi connectivity index (χ4v) is 4.51. The minimum absolute atomic E-state index is 0.0302. The Labute approximate surface area is 182 Å². The first kappa shape index (κ1) is 23.9. The van der Waals surface area contributed by atoms with Gasteiger partial charge in [0.05, 0.1) is 15.5 Å². The van der Waals surface area contributed by atoms with Gasteiger partial charge in [-0.2, -0.15) is 4.31 Å². The van der Waals surface area contributed by atoms with Gasteiger partial charge in [-0.05, 0) is 18.2 Å². The van der Waals surface area contributed by atoms with Gasteiger partial charge < -0.3 is 9.64 Å². The lowest BCUT2D eigenvalue weighted by Gasteiger charge is -2.22. The van der Waals surface area contributed by atoms with E-state index in [0.717, 1.165) is 0 Å². The molecule has 2 rings (SSSR count). The fraction of sp³-hybridized carbons (Fsp3) is 0.333. The van der Waals surface area contributed by atoms with Gasteiger partial charge >= 0.3 is 5.97 Å². The maximum atomic E-state index is 12.9. The molecule has 0 saturated heterocycles. The Kier molecular flexibility index (Phi) is 8.00. The number of sulfonamides is 1. The SMILES string of the molecule is CCN(CC)S(=O)(=O)c1ccc(Cl)c(C(=O)OC(C(=O)N(C)C)c2ccccc2)c1. The van der Waals surface area contributed by atoms with E-state index in [9.17, 15) is 18.0 Å². The number of carbonyl (C=O) groups is 2. The topological polar surface area (TPSA) is 84.0 Å². The molecule has 7 nitrogen and oxygen atoms in total. The van der Waals surface area contributed by atoms with Crippen LogP contribution in [0.4, 0.5) is 0 Å². The monoisotopic (exact) mass is 452 g/mol. The van der Waals surface area contributed by atoms with Crippen molar-refractivity contribution in [3.63, 3.8) is 0 Å². The normalized spacial score (nSPS) is 12.5. The molecule has 0 spiro atoms. The van der Waals surface area contributed by atoms with E-state index in [0.29, 0.717) is 5.56 Å². The summed E-state index contributed by atoms with van der Waals surface area (Å²) in [6, 6.07) is 12.4. The molecule has 9 heteroatoms. The molecule has 0 aliphatic rings. The highest BCUT2D eigenvalue weighted by molar-refractivity contribution is 7.89. The number of ether oxygens (including phenoxy) is 1. The average Bonchev–Trinajstić information content (AvgIpc) is 2.72. The number of nitrogens with zero attached hydrogens (tertiary/aromatic N) is 2. The summed E-state index contributed by atoms with van der Waals surface area (Å²) >= 11 is 6.16. The summed E-state index contributed by atoms with van der Waals surface area (Å²) in [5, 5.41) is 0.0302. The zero-order chi connectivity index (χ0) is 22.5. The highest BCUT2D eigenvalue weighted by atomic mass is 35.5. The van der Waals surface area contributed by atoms with Crippen molar-refractivity contribution in [1.82, 2.24) is 9.21 Å². The Morgan fingerprint density at radius 3 is 2.17 bits per heavy atom. The number of benzene rings is 2. The molecular formula is C21H25ClN2O5S. The molecule has 1 amide bonds. The lowest BCUT2D eigenvalue weighted by molar-refractivity contribution is -0.138. The zero-order valence-corrected chi connectivity index (χ0v) is 18.9. The van der Waals surface area contributed by atoms with E-state index in [1.165, 1.54) is 27.4 Å². The Balaban J connectivity index is 2.43. The predicted octanol–water partition coefficient (Wildman–Crippen LogP) is 3.36. The van der Waals surface area contributed by atoms with Crippen molar-refractivity contribution >= 4 is 33.5 Å². The van der Waals surface area contributed by atoms with Crippen LogP contribution in [0.2, 0.25) is 5.02 Å². The van der Waals surface area contributed by atoms with E-state index < -0.39 is 28.0 Å². The van der Waals surface area contributed by atoms with Gasteiger partial charge in [0.1, 0.15) is 0 Å². The Morgan fingerprint density at radius 1 is 1.03 bits per heavy atom. The molecule has 0 heterocycles. The third kappa shape index (κ3) is 5.19. The van der Waals surface area contributed by atoms with Crippen molar-refractivity contribution in [2.75, 3.05) is 27.2 Å². The number of hydrogen-bond donors (Lipinski definition) is 0.